The molecule has 0 radical (unpaired) electrons. The minimum Gasteiger partial charge on any atom is -0.393 e. The number of hydrogen-bond acceptors (Lipinski definition) is 2. The molecule has 1 unspecified atom stereocenters. The molecule has 0 amide bonds. The van der Waals surface area contributed by atoms with Gasteiger partial charge in [-0.2, -0.15) is 0 Å². The molecule has 0 saturated heterocycles. The van der Waals surface area contributed by atoms with Crippen LogP contribution in [0.5, 0.6) is 0 Å². The van der Waals surface area contributed by atoms with Gasteiger partial charge in [-0.15, -0.1) is 12.4 Å². The number of aliphatic hydroxyl groups excluding tert-OH is 1. The monoisotopic (exact) mass is 187 g/mol. The van der Waals surface area contributed by atoms with Crippen LogP contribution in [0.25, 0.3) is 0 Å². The van der Waals surface area contributed by atoms with E-state index in [1.807, 2.05) is 19.1 Å². The number of nitrogens with zero attached hydrogens (tertiary/aromatic N) is 1. The van der Waals surface area contributed by atoms with Gasteiger partial charge >= 0.3 is 0 Å². The van der Waals surface area contributed by atoms with Gasteiger partial charge in [0.05, 0.1) is 6.10 Å². The van der Waals surface area contributed by atoms with Crippen LogP contribution in [-0.2, 0) is 6.42 Å². The molecule has 68 valence electrons. The highest BCUT2D eigenvalue weighted by Gasteiger charge is 2.01. The summed E-state index contributed by atoms with van der Waals surface area (Å²) in [7, 11) is 0. The fraction of sp³-hybridized carbons (Fsp3) is 0.444. The predicted octanol–water partition coefficient (Wildman–Crippen LogP) is 1.74. The number of aromatic nitrogens is 1. The van der Waals surface area contributed by atoms with Crippen molar-refractivity contribution in [1.82, 2.24) is 4.98 Å². The summed E-state index contributed by atoms with van der Waals surface area (Å²) in [4.78, 5) is 4.16. The van der Waals surface area contributed by atoms with Gasteiger partial charge in [-0.1, -0.05) is 6.07 Å². The minimum absolute atomic E-state index is 0. The third-order valence-electron chi connectivity index (χ3n) is 1.61. The molecular weight excluding hydrogens is 174 g/mol. The van der Waals surface area contributed by atoms with Gasteiger partial charge in [-0.3, -0.25) is 4.98 Å². The number of aliphatic hydroxyl groups is 1. The molecule has 0 aliphatic carbocycles. The van der Waals surface area contributed by atoms with E-state index in [2.05, 4.69) is 4.98 Å². The average Bonchev–Trinajstić information content (AvgIpc) is 1.93. The molecule has 1 heterocycles. The molecule has 1 aromatic rings. The Morgan fingerprint density at radius 3 is 2.75 bits per heavy atom. The summed E-state index contributed by atoms with van der Waals surface area (Å²) in [6, 6.07) is 3.91. The largest absolute Gasteiger partial charge is 0.393 e. The van der Waals surface area contributed by atoms with Gasteiger partial charge in [-0.05, 0) is 25.5 Å². The zero-order valence-electron chi connectivity index (χ0n) is 7.32. The summed E-state index contributed by atoms with van der Waals surface area (Å²) in [6.07, 6.45) is 2.10. The SMILES string of the molecule is Cc1cccnc1CC(C)O.Cl. The van der Waals surface area contributed by atoms with E-state index in [1.54, 1.807) is 13.1 Å². The van der Waals surface area contributed by atoms with Crippen LogP contribution < -0.4 is 0 Å². The Morgan fingerprint density at radius 1 is 1.58 bits per heavy atom. The van der Waals surface area contributed by atoms with E-state index in [9.17, 15) is 0 Å². The molecule has 0 saturated carbocycles. The fourth-order valence-electron chi connectivity index (χ4n) is 1.01. The quantitative estimate of drug-likeness (QED) is 0.765. The third kappa shape index (κ3) is 3.20. The number of aryl methyl sites for hydroxylation is 1. The number of rotatable bonds is 2. The highest BCUT2D eigenvalue weighted by Crippen LogP contribution is 2.05. The van der Waals surface area contributed by atoms with E-state index in [0.717, 1.165) is 11.3 Å². The van der Waals surface area contributed by atoms with E-state index >= 15 is 0 Å². The number of pyridine rings is 1. The standard InChI is InChI=1S/C9H13NO.ClH/c1-7-4-3-5-10-9(7)6-8(2)11;/h3-5,8,11H,6H2,1-2H3;1H. The smallest absolute Gasteiger partial charge is 0.0567 e. The highest BCUT2D eigenvalue weighted by atomic mass is 35.5. The summed E-state index contributed by atoms with van der Waals surface area (Å²) in [5.74, 6) is 0. The minimum atomic E-state index is -0.302. The summed E-state index contributed by atoms with van der Waals surface area (Å²) in [5.41, 5.74) is 2.14. The Hall–Kier alpha value is -0.600. The molecule has 0 bridgehead atoms. The molecule has 0 aliphatic heterocycles. The van der Waals surface area contributed by atoms with Crippen molar-refractivity contribution in [3.8, 4) is 0 Å². The highest BCUT2D eigenvalue weighted by molar-refractivity contribution is 5.85. The summed E-state index contributed by atoms with van der Waals surface area (Å²) < 4.78 is 0. The van der Waals surface area contributed by atoms with Crippen molar-refractivity contribution in [3.05, 3.63) is 29.6 Å². The maximum atomic E-state index is 9.09. The van der Waals surface area contributed by atoms with E-state index < -0.39 is 0 Å². The Kier molecular flexibility index (Phi) is 4.86. The first-order valence-corrected chi connectivity index (χ1v) is 3.78. The average molecular weight is 188 g/mol. The molecule has 0 fully saturated rings. The van der Waals surface area contributed by atoms with Crippen molar-refractivity contribution in [1.29, 1.82) is 0 Å². The lowest BCUT2D eigenvalue weighted by Crippen LogP contribution is -2.07. The third-order valence-corrected chi connectivity index (χ3v) is 1.61. The molecule has 1 aromatic heterocycles. The van der Waals surface area contributed by atoms with Crippen LogP contribution in [0.2, 0.25) is 0 Å². The molecule has 0 aliphatic rings. The maximum Gasteiger partial charge on any atom is 0.0567 e. The summed E-state index contributed by atoms with van der Waals surface area (Å²) in [6.45, 7) is 3.78. The second-order valence-electron chi connectivity index (χ2n) is 2.82. The zero-order chi connectivity index (χ0) is 8.27. The molecule has 1 rings (SSSR count). The molecule has 1 atom stereocenters. The van der Waals surface area contributed by atoms with Crippen molar-refractivity contribution in [3.63, 3.8) is 0 Å². The van der Waals surface area contributed by atoms with Crippen molar-refractivity contribution >= 4 is 12.4 Å². The van der Waals surface area contributed by atoms with Crippen LogP contribution in [-0.4, -0.2) is 16.2 Å². The van der Waals surface area contributed by atoms with Gasteiger partial charge in [0.1, 0.15) is 0 Å². The molecule has 0 aromatic carbocycles. The van der Waals surface area contributed by atoms with Crippen LogP contribution in [0.4, 0.5) is 0 Å². The van der Waals surface area contributed by atoms with Gasteiger partial charge in [0.25, 0.3) is 0 Å². The maximum absolute atomic E-state index is 9.09. The summed E-state index contributed by atoms with van der Waals surface area (Å²) >= 11 is 0. The normalized spacial score (nSPS) is 11.9. The zero-order valence-corrected chi connectivity index (χ0v) is 8.14. The van der Waals surface area contributed by atoms with E-state index in [1.165, 1.54) is 0 Å². The van der Waals surface area contributed by atoms with E-state index in [-0.39, 0.29) is 18.5 Å². The number of hydrogen-bond donors (Lipinski definition) is 1. The van der Waals surface area contributed by atoms with Crippen molar-refractivity contribution in [2.75, 3.05) is 0 Å². The topological polar surface area (TPSA) is 33.1 Å². The fourth-order valence-corrected chi connectivity index (χ4v) is 1.01. The van der Waals surface area contributed by atoms with E-state index in [4.69, 9.17) is 5.11 Å². The van der Waals surface area contributed by atoms with Crippen LogP contribution in [0.3, 0.4) is 0 Å². The second-order valence-corrected chi connectivity index (χ2v) is 2.82. The van der Waals surface area contributed by atoms with Crippen LogP contribution in [0, 0.1) is 6.92 Å². The van der Waals surface area contributed by atoms with Gasteiger partial charge < -0.3 is 5.11 Å². The van der Waals surface area contributed by atoms with Crippen molar-refractivity contribution in [2.45, 2.75) is 26.4 Å². The van der Waals surface area contributed by atoms with Crippen LogP contribution in [0.1, 0.15) is 18.2 Å². The van der Waals surface area contributed by atoms with Crippen LogP contribution in [0.15, 0.2) is 18.3 Å². The Morgan fingerprint density at radius 2 is 2.25 bits per heavy atom. The van der Waals surface area contributed by atoms with Gasteiger partial charge in [0.15, 0.2) is 0 Å². The van der Waals surface area contributed by atoms with Gasteiger partial charge in [0, 0.05) is 18.3 Å². The Labute approximate surface area is 79.1 Å². The molecule has 0 spiro atoms. The Balaban J connectivity index is 0.00000121. The molecule has 3 heteroatoms. The predicted molar refractivity (Wildman–Crippen MR) is 51.6 cm³/mol. The molecule has 1 N–H and O–H groups in total. The van der Waals surface area contributed by atoms with Crippen LogP contribution >= 0.6 is 12.4 Å². The van der Waals surface area contributed by atoms with E-state index in [0.29, 0.717) is 6.42 Å². The van der Waals surface area contributed by atoms with Gasteiger partial charge in [0.2, 0.25) is 0 Å². The first-order chi connectivity index (χ1) is 5.20. The lowest BCUT2D eigenvalue weighted by Gasteiger charge is -2.05. The van der Waals surface area contributed by atoms with Gasteiger partial charge in [-0.25, -0.2) is 0 Å². The second kappa shape index (κ2) is 5.12. The molecular formula is C9H14ClNO. The number of halogens is 1. The Bertz CT molecular complexity index is 238. The molecule has 2 nitrogen and oxygen atoms in total. The lowest BCUT2D eigenvalue weighted by molar-refractivity contribution is 0.194. The summed E-state index contributed by atoms with van der Waals surface area (Å²) in [5, 5.41) is 9.09. The lowest BCUT2D eigenvalue weighted by atomic mass is 10.1. The van der Waals surface area contributed by atoms with Crippen molar-refractivity contribution < 1.29 is 5.11 Å². The first kappa shape index (κ1) is 11.4. The molecule has 12 heavy (non-hydrogen) atoms. The van der Waals surface area contributed by atoms with Crippen molar-refractivity contribution in [2.24, 2.45) is 0 Å². The first-order valence-electron chi connectivity index (χ1n) is 3.78.